The van der Waals surface area contributed by atoms with Crippen LogP contribution in [0.1, 0.15) is 24.1 Å². The zero-order valence-corrected chi connectivity index (χ0v) is 12.6. The van der Waals surface area contributed by atoms with Crippen LogP contribution in [0.2, 0.25) is 5.02 Å². The minimum Gasteiger partial charge on any atom is -0.306 e. The Morgan fingerprint density at radius 1 is 1.05 bits per heavy atom. The molecule has 106 valence electrons. The quantitative estimate of drug-likeness (QED) is 0.762. The number of nitrogens with zero attached hydrogens (tertiary/aromatic N) is 1. The largest absolute Gasteiger partial charge is 0.306 e. The molecule has 0 spiro atoms. The SMILES string of the molecule is CCNC(c1ccccc1Cl)c1cccc2cnccc12. The van der Waals surface area contributed by atoms with E-state index in [4.69, 9.17) is 11.6 Å². The third kappa shape index (κ3) is 2.78. The zero-order valence-electron chi connectivity index (χ0n) is 11.9. The van der Waals surface area contributed by atoms with Gasteiger partial charge < -0.3 is 5.32 Å². The van der Waals surface area contributed by atoms with Crippen molar-refractivity contribution in [2.24, 2.45) is 0 Å². The molecule has 2 aromatic carbocycles. The minimum absolute atomic E-state index is 0.0785. The normalized spacial score (nSPS) is 12.5. The molecule has 1 aromatic heterocycles. The van der Waals surface area contributed by atoms with Crippen molar-refractivity contribution in [1.29, 1.82) is 0 Å². The summed E-state index contributed by atoms with van der Waals surface area (Å²) < 4.78 is 0. The topological polar surface area (TPSA) is 24.9 Å². The van der Waals surface area contributed by atoms with E-state index < -0.39 is 0 Å². The van der Waals surface area contributed by atoms with E-state index in [0.717, 1.165) is 22.5 Å². The highest BCUT2D eigenvalue weighted by Crippen LogP contribution is 2.32. The lowest BCUT2D eigenvalue weighted by Crippen LogP contribution is -2.22. The molecule has 2 nitrogen and oxygen atoms in total. The van der Waals surface area contributed by atoms with E-state index in [9.17, 15) is 0 Å². The Balaban J connectivity index is 2.19. The molecule has 0 amide bonds. The molecule has 0 radical (unpaired) electrons. The van der Waals surface area contributed by atoms with Crippen LogP contribution < -0.4 is 5.32 Å². The highest BCUT2D eigenvalue weighted by atomic mass is 35.5. The summed E-state index contributed by atoms with van der Waals surface area (Å²) in [6.45, 7) is 2.98. The van der Waals surface area contributed by atoms with Crippen molar-refractivity contribution in [3.05, 3.63) is 77.1 Å². The van der Waals surface area contributed by atoms with Crippen molar-refractivity contribution in [2.45, 2.75) is 13.0 Å². The standard InChI is InChI=1S/C18H17ClN2/c1-2-21-18(16-7-3-4-9-17(16)19)15-8-5-6-13-12-20-11-10-14(13)15/h3-12,18,21H,2H2,1H3. The minimum atomic E-state index is 0.0785. The van der Waals surface area contributed by atoms with Crippen molar-refractivity contribution in [3.63, 3.8) is 0 Å². The van der Waals surface area contributed by atoms with Gasteiger partial charge in [0.1, 0.15) is 0 Å². The lowest BCUT2D eigenvalue weighted by atomic mass is 9.94. The maximum Gasteiger partial charge on any atom is 0.0597 e. The van der Waals surface area contributed by atoms with Crippen LogP contribution >= 0.6 is 11.6 Å². The molecule has 3 rings (SSSR count). The number of hydrogen-bond acceptors (Lipinski definition) is 2. The molecule has 0 bridgehead atoms. The van der Waals surface area contributed by atoms with Crippen molar-refractivity contribution in [1.82, 2.24) is 10.3 Å². The van der Waals surface area contributed by atoms with Gasteiger partial charge in [0.15, 0.2) is 0 Å². The Labute approximate surface area is 129 Å². The second kappa shape index (κ2) is 6.25. The number of fused-ring (bicyclic) bond motifs is 1. The number of hydrogen-bond donors (Lipinski definition) is 1. The smallest absolute Gasteiger partial charge is 0.0597 e. The molecule has 1 N–H and O–H groups in total. The van der Waals surface area contributed by atoms with E-state index >= 15 is 0 Å². The van der Waals surface area contributed by atoms with Crippen LogP contribution in [0.25, 0.3) is 10.8 Å². The molecule has 3 heteroatoms. The van der Waals surface area contributed by atoms with Crippen LogP contribution in [0, 0.1) is 0 Å². The van der Waals surface area contributed by atoms with E-state index in [1.54, 1.807) is 0 Å². The fourth-order valence-corrected chi connectivity index (χ4v) is 2.94. The summed E-state index contributed by atoms with van der Waals surface area (Å²) in [6.07, 6.45) is 3.73. The van der Waals surface area contributed by atoms with Crippen LogP contribution in [0.4, 0.5) is 0 Å². The Hall–Kier alpha value is -1.90. The van der Waals surface area contributed by atoms with Crippen molar-refractivity contribution in [2.75, 3.05) is 6.54 Å². The second-order valence-corrected chi connectivity index (χ2v) is 5.36. The molecular formula is C18H17ClN2. The predicted octanol–water partition coefficient (Wildman–Crippen LogP) is 4.59. The van der Waals surface area contributed by atoms with E-state index in [2.05, 4.69) is 47.6 Å². The molecule has 0 aliphatic carbocycles. The lowest BCUT2D eigenvalue weighted by molar-refractivity contribution is 0.634. The summed E-state index contributed by atoms with van der Waals surface area (Å²) in [5.74, 6) is 0. The molecule has 0 fully saturated rings. The monoisotopic (exact) mass is 296 g/mol. The van der Waals surface area contributed by atoms with Crippen LogP contribution in [-0.4, -0.2) is 11.5 Å². The van der Waals surface area contributed by atoms with E-state index in [1.165, 1.54) is 10.9 Å². The molecule has 21 heavy (non-hydrogen) atoms. The molecule has 0 aliphatic rings. The molecule has 0 saturated carbocycles. The number of aromatic nitrogens is 1. The third-order valence-corrected chi connectivity index (χ3v) is 3.99. The first-order valence-electron chi connectivity index (χ1n) is 7.11. The maximum absolute atomic E-state index is 6.40. The average Bonchev–Trinajstić information content (AvgIpc) is 2.53. The van der Waals surface area contributed by atoms with Gasteiger partial charge in [0, 0.05) is 22.8 Å². The zero-order chi connectivity index (χ0) is 14.7. The second-order valence-electron chi connectivity index (χ2n) is 4.96. The van der Waals surface area contributed by atoms with Gasteiger partial charge in [-0.25, -0.2) is 0 Å². The van der Waals surface area contributed by atoms with Gasteiger partial charge in [-0.15, -0.1) is 0 Å². The fraction of sp³-hybridized carbons (Fsp3) is 0.167. The van der Waals surface area contributed by atoms with Gasteiger partial charge in [0.2, 0.25) is 0 Å². The summed E-state index contributed by atoms with van der Waals surface area (Å²) >= 11 is 6.40. The van der Waals surface area contributed by atoms with Crippen LogP contribution in [0.3, 0.4) is 0 Å². The van der Waals surface area contributed by atoms with Crippen LogP contribution in [0.5, 0.6) is 0 Å². The Bertz CT molecular complexity index is 750. The van der Waals surface area contributed by atoms with Crippen LogP contribution in [0.15, 0.2) is 60.9 Å². The molecule has 0 aliphatic heterocycles. The summed E-state index contributed by atoms with van der Waals surface area (Å²) in [5.41, 5.74) is 2.33. The molecule has 3 aromatic rings. The average molecular weight is 297 g/mol. The molecule has 1 heterocycles. The van der Waals surface area contributed by atoms with Crippen molar-refractivity contribution in [3.8, 4) is 0 Å². The number of benzene rings is 2. The van der Waals surface area contributed by atoms with Gasteiger partial charge in [-0.1, -0.05) is 54.9 Å². The Morgan fingerprint density at radius 2 is 1.86 bits per heavy atom. The maximum atomic E-state index is 6.40. The summed E-state index contributed by atoms with van der Waals surface area (Å²) in [7, 11) is 0. The van der Waals surface area contributed by atoms with E-state index in [0.29, 0.717) is 0 Å². The highest BCUT2D eigenvalue weighted by molar-refractivity contribution is 6.31. The van der Waals surface area contributed by atoms with E-state index in [-0.39, 0.29) is 6.04 Å². The first kappa shape index (κ1) is 14.1. The van der Waals surface area contributed by atoms with Gasteiger partial charge in [-0.3, -0.25) is 4.98 Å². The fourth-order valence-electron chi connectivity index (χ4n) is 2.70. The Kier molecular flexibility index (Phi) is 4.18. The Morgan fingerprint density at radius 3 is 2.67 bits per heavy atom. The van der Waals surface area contributed by atoms with Gasteiger partial charge in [0.05, 0.1) is 6.04 Å². The summed E-state index contributed by atoms with van der Waals surface area (Å²) in [6, 6.07) is 16.5. The number of nitrogens with one attached hydrogen (secondary N) is 1. The summed E-state index contributed by atoms with van der Waals surface area (Å²) in [4.78, 5) is 4.20. The molecule has 1 atom stereocenters. The number of halogens is 1. The summed E-state index contributed by atoms with van der Waals surface area (Å²) in [5, 5.41) is 6.68. The third-order valence-electron chi connectivity index (χ3n) is 3.65. The number of rotatable bonds is 4. The number of pyridine rings is 1. The molecule has 1 unspecified atom stereocenters. The van der Waals surface area contributed by atoms with Crippen molar-refractivity contribution < 1.29 is 0 Å². The first-order valence-corrected chi connectivity index (χ1v) is 7.49. The molecular weight excluding hydrogens is 280 g/mol. The lowest BCUT2D eigenvalue weighted by Gasteiger charge is -2.21. The van der Waals surface area contributed by atoms with Gasteiger partial charge in [-0.05, 0) is 35.2 Å². The van der Waals surface area contributed by atoms with Gasteiger partial charge in [-0.2, -0.15) is 0 Å². The molecule has 0 saturated heterocycles. The highest BCUT2D eigenvalue weighted by Gasteiger charge is 2.17. The predicted molar refractivity (Wildman–Crippen MR) is 88.7 cm³/mol. The van der Waals surface area contributed by atoms with Gasteiger partial charge >= 0.3 is 0 Å². The van der Waals surface area contributed by atoms with E-state index in [1.807, 2.05) is 30.6 Å². The first-order chi connectivity index (χ1) is 10.3. The van der Waals surface area contributed by atoms with Crippen molar-refractivity contribution >= 4 is 22.4 Å². The van der Waals surface area contributed by atoms with Gasteiger partial charge in [0.25, 0.3) is 0 Å². The van der Waals surface area contributed by atoms with Crippen LogP contribution in [-0.2, 0) is 0 Å².